The van der Waals surface area contributed by atoms with Crippen LogP contribution in [0, 0.1) is 5.41 Å². The van der Waals surface area contributed by atoms with Crippen molar-refractivity contribution in [3.8, 4) is 21.9 Å². The van der Waals surface area contributed by atoms with Crippen LogP contribution in [0.5, 0.6) is 11.5 Å². The van der Waals surface area contributed by atoms with E-state index in [1.54, 1.807) is 24.5 Å². The number of hydrogen-bond acceptors (Lipinski definition) is 5. The molecule has 8 heteroatoms. The fraction of sp³-hybridized carbons (Fsp3) is 0.414. The zero-order chi connectivity index (χ0) is 27.1. The van der Waals surface area contributed by atoms with Gasteiger partial charge in [0.15, 0.2) is 0 Å². The standard InChI is InChI=1S/C29H33F3O4S/c1-5-7-8-9-20-10-13-23(24(14-20)34-4)26-15-21-11-12-22(16-25(21)37-26)35-18-28(3,17-29(30,31)32)19-36-27(33)6-2/h6,10-16H,2,5,7-9,17-19H2,1,3-4H3. The highest BCUT2D eigenvalue weighted by Gasteiger charge is 2.41. The average molecular weight is 535 g/mol. The maximum absolute atomic E-state index is 13.2. The lowest BCUT2D eigenvalue weighted by Crippen LogP contribution is -2.36. The van der Waals surface area contributed by atoms with Gasteiger partial charge in [-0.1, -0.05) is 39.3 Å². The molecule has 4 nitrogen and oxygen atoms in total. The van der Waals surface area contributed by atoms with Crippen LogP contribution in [0.1, 0.15) is 45.1 Å². The van der Waals surface area contributed by atoms with E-state index in [1.165, 1.54) is 25.3 Å². The SMILES string of the molecule is C=CC(=O)OCC(C)(COc1ccc2cc(-c3ccc(CCCCC)cc3OC)sc2c1)CC(F)(F)F. The van der Waals surface area contributed by atoms with Crippen molar-refractivity contribution >= 4 is 27.4 Å². The Hall–Kier alpha value is -3.00. The molecule has 0 amide bonds. The predicted molar refractivity (Wildman–Crippen MR) is 142 cm³/mol. The van der Waals surface area contributed by atoms with Gasteiger partial charge >= 0.3 is 12.1 Å². The Morgan fingerprint density at radius 1 is 1.08 bits per heavy atom. The third kappa shape index (κ3) is 8.25. The molecule has 0 spiro atoms. The molecule has 0 aliphatic rings. The summed E-state index contributed by atoms with van der Waals surface area (Å²) in [6.45, 7) is 6.14. The van der Waals surface area contributed by atoms with Crippen molar-refractivity contribution in [1.29, 1.82) is 0 Å². The summed E-state index contributed by atoms with van der Waals surface area (Å²) in [5.41, 5.74) is 0.789. The highest BCUT2D eigenvalue weighted by Crippen LogP contribution is 2.40. The summed E-state index contributed by atoms with van der Waals surface area (Å²) in [6, 6.07) is 13.8. The maximum atomic E-state index is 13.2. The number of carbonyl (C=O) groups is 1. The Kier molecular flexibility index (Phi) is 9.65. The summed E-state index contributed by atoms with van der Waals surface area (Å²) < 4.78 is 56.9. The number of unbranched alkanes of at least 4 members (excludes halogenated alkanes) is 2. The summed E-state index contributed by atoms with van der Waals surface area (Å²) in [7, 11) is 1.66. The number of benzene rings is 2. The first kappa shape index (κ1) is 28.6. The second-order valence-electron chi connectivity index (χ2n) is 9.51. The minimum atomic E-state index is -4.43. The van der Waals surface area contributed by atoms with Crippen LogP contribution in [-0.2, 0) is 16.0 Å². The highest BCUT2D eigenvalue weighted by molar-refractivity contribution is 7.22. The number of alkyl halides is 3. The van der Waals surface area contributed by atoms with E-state index >= 15 is 0 Å². The number of halogens is 3. The van der Waals surface area contributed by atoms with Gasteiger partial charge in [-0.15, -0.1) is 11.3 Å². The van der Waals surface area contributed by atoms with Crippen molar-refractivity contribution in [2.75, 3.05) is 20.3 Å². The van der Waals surface area contributed by atoms with Crippen LogP contribution < -0.4 is 9.47 Å². The zero-order valence-corrected chi connectivity index (χ0v) is 22.3. The van der Waals surface area contributed by atoms with Gasteiger partial charge in [-0.05, 0) is 60.2 Å². The van der Waals surface area contributed by atoms with Gasteiger partial charge in [-0.2, -0.15) is 13.2 Å². The first-order chi connectivity index (χ1) is 17.6. The van der Waals surface area contributed by atoms with Gasteiger partial charge in [0.05, 0.1) is 20.1 Å². The van der Waals surface area contributed by atoms with Gasteiger partial charge < -0.3 is 14.2 Å². The number of aryl methyl sites for hydroxylation is 1. The summed E-state index contributed by atoms with van der Waals surface area (Å²) in [5, 5.41) is 0.999. The first-order valence-electron chi connectivity index (χ1n) is 12.3. The fourth-order valence-electron chi connectivity index (χ4n) is 4.10. The molecule has 3 rings (SSSR count). The van der Waals surface area contributed by atoms with Gasteiger partial charge in [0.1, 0.15) is 18.1 Å². The van der Waals surface area contributed by atoms with E-state index in [-0.39, 0.29) is 6.61 Å². The molecule has 0 aliphatic heterocycles. The van der Waals surface area contributed by atoms with Crippen molar-refractivity contribution < 1.29 is 32.2 Å². The van der Waals surface area contributed by atoms with Crippen LogP contribution >= 0.6 is 11.3 Å². The van der Waals surface area contributed by atoms with E-state index in [1.807, 2.05) is 12.1 Å². The van der Waals surface area contributed by atoms with Crippen LogP contribution in [0.25, 0.3) is 20.5 Å². The molecule has 1 unspecified atom stereocenters. The molecule has 37 heavy (non-hydrogen) atoms. The minimum Gasteiger partial charge on any atom is -0.496 e. The zero-order valence-electron chi connectivity index (χ0n) is 21.5. The van der Waals surface area contributed by atoms with Crippen LogP contribution in [0.15, 0.2) is 55.1 Å². The van der Waals surface area contributed by atoms with Gasteiger partial charge in [-0.25, -0.2) is 4.79 Å². The first-order valence-corrected chi connectivity index (χ1v) is 13.1. The van der Waals surface area contributed by atoms with E-state index in [4.69, 9.17) is 14.2 Å². The van der Waals surface area contributed by atoms with Gasteiger partial charge in [0, 0.05) is 26.6 Å². The molecule has 0 N–H and O–H groups in total. The lowest BCUT2D eigenvalue weighted by molar-refractivity contribution is -0.172. The molecule has 1 atom stereocenters. The Balaban J connectivity index is 1.78. The van der Waals surface area contributed by atoms with Crippen molar-refractivity contribution in [2.45, 2.75) is 52.1 Å². The quantitative estimate of drug-likeness (QED) is 0.126. The normalized spacial score (nSPS) is 13.2. The number of rotatable bonds is 13. The average Bonchev–Trinajstić information content (AvgIpc) is 3.28. The predicted octanol–water partition coefficient (Wildman–Crippen LogP) is 8.38. The number of thiophene rings is 1. The molecule has 2 aromatic carbocycles. The third-order valence-electron chi connectivity index (χ3n) is 6.04. The lowest BCUT2D eigenvalue weighted by Gasteiger charge is -2.29. The fourth-order valence-corrected chi connectivity index (χ4v) is 5.22. The van der Waals surface area contributed by atoms with Crippen molar-refractivity contribution in [3.63, 3.8) is 0 Å². The van der Waals surface area contributed by atoms with E-state index in [2.05, 4.69) is 37.8 Å². The van der Waals surface area contributed by atoms with E-state index in [9.17, 15) is 18.0 Å². The van der Waals surface area contributed by atoms with Gasteiger partial charge in [0.2, 0.25) is 0 Å². The summed E-state index contributed by atoms with van der Waals surface area (Å²) in [6.07, 6.45) is -0.139. The highest BCUT2D eigenvalue weighted by atomic mass is 32.1. The lowest BCUT2D eigenvalue weighted by atomic mass is 9.88. The number of methoxy groups -OCH3 is 1. The summed E-state index contributed by atoms with van der Waals surface area (Å²) in [4.78, 5) is 12.4. The Morgan fingerprint density at radius 3 is 2.54 bits per heavy atom. The molecule has 0 radical (unpaired) electrons. The molecule has 0 aliphatic carbocycles. The molecule has 3 aromatic rings. The largest absolute Gasteiger partial charge is 0.496 e. The smallest absolute Gasteiger partial charge is 0.389 e. The van der Waals surface area contributed by atoms with E-state index in [0.29, 0.717) is 5.75 Å². The van der Waals surface area contributed by atoms with Crippen LogP contribution in [-0.4, -0.2) is 32.5 Å². The maximum Gasteiger partial charge on any atom is 0.389 e. The molecule has 0 saturated heterocycles. The van der Waals surface area contributed by atoms with E-state index < -0.39 is 30.6 Å². The molecule has 0 bridgehead atoms. The minimum absolute atomic E-state index is 0.270. The number of carbonyl (C=O) groups excluding carboxylic acids is 1. The number of hydrogen-bond donors (Lipinski definition) is 0. The van der Waals surface area contributed by atoms with Gasteiger partial charge in [-0.3, -0.25) is 0 Å². The molecule has 1 heterocycles. The molecule has 1 aromatic heterocycles. The number of esters is 1. The van der Waals surface area contributed by atoms with Crippen molar-refractivity contribution in [1.82, 2.24) is 0 Å². The monoisotopic (exact) mass is 534 g/mol. The summed E-state index contributed by atoms with van der Waals surface area (Å²) in [5.74, 6) is 0.488. The van der Waals surface area contributed by atoms with Crippen LogP contribution in [0.2, 0.25) is 0 Å². The second-order valence-corrected chi connectivity index (χ2v) is 10.6. The molecular formula is C29H33F3O4S. The van der Waals surface area contributed by atoms with Crippen LogP contribution in [0.4, 0.5) is 13.2 Å². The van der Waals surface area contributed by atoms with Crippen LogP contribution in [0.3, 0.4) is 0 Å². The van der Waals surface area contributed by atoms with Crippen molar-refractivity contribution in [3.05, 3.63) is 60.7 Å². The Bertz CT molecular complexity index is 1220. The molecular weight excluding hydrogens is 501 g/mol. The van der Waals surface area contributed by atoms with Gasteiger partial charge in [0.25, 0.3) is 0 Å². The van der Waals surface area contributed by atoms with E-state index in [0.717, 1.165) is 45.2 Å². The topological polar surface area (TPSA) is 44.8 Å². The second kappa shape index (κ2) is 12.5. The molecule has 0 fully saturated rings. The number of ether oxygens (including phenoxy) is 3. The number of fused-ring (bicyclic) bond motifs is 1. The summed E-state index contributed by atoms with van der Waals surface area (Å²) >= 11 is 1.56. The molecule has 0 saturated carbocycles. The Morgan fingerprint density at radius 2 is 1.86 bits per heavy atom. The third-order valence-corrected chi connectivity index (χ3v) is 7.17. The van der Waals surface area contributed by atoms with Crippen molar-refractivity contribution in [2.24, 2.45) is 5.41 Å². The molecule has 200 valence electrons. The Labute approximate surface area is 220 Å².